The van der Waals surface area contributed by atoms with Crippen LogP contribution >= 0.6 is 11.6 Å². The van der Waals surface area contributed by atoms with Crippen LogP contribution in [-0.4, -0.2) is 35.9 Å². The van der Waals surface area contributed by atoms with E-state index in [1.165, 1.54) is 22.8 Å². The number of allylic oxidation sites excluding steroid dienone is 1. The lowest BCUT2D eigenvalue weighted by Crippen LogP contribution is -2.36. The zero-order chi connectivity index (χ0) is 32.0. The van der Waals surface area contributed by atoms with Crippen molar-refractivity contribution >= 4 is 34.4 Å². The van der Waals surface area contributed by atoms with Crippen LogP contribution < -0.4 is 15.5 Å². The number of nitrogens with one attached hydrogen (secondary N) is 1. The third-order valence-electron chi connectivity index (χ3n) is 9.01. The van der Waals surface area contributed by atoms with Crippen LogP contribution in [0.4, 0.5) is 0 Å². The highest BCUT2D eigenvalue weighted by molar-refractivity contribution is 6.30. The molecule has 0 bridgehead atoms. The quantitative estimate of drug-likeness (QED) is 0.181. The Kier molecular flexibility index (Phi) is 9.88. The molecule has 1 aliphatic carbocycles. The van der Waals surface area contributed by atoms with Gasteiger partial charge in [0.05, 0.1) is 18.0 Å². The highest BCUT2D eigenvalue weighted by Crippen LogP contribution is 2.37. The van der Waals surface area contributed by atoms with Gasteiger partial charge in [-0.1, -0.05) is 59.6 Å². The average Bonchev–Trinajstić information content (AvgIpc) is 3.47. The number of nitrogens with zero attached hydrogens (tertiary/aromatic N) is 1. The first-order valence-corrected chi connectivity index (χ1v) is 16.5. The lowest BCUT2D eigenvalue weighted by Gasteiger charge is -2.28. The van der Waals surface area contributed by atoms with Crippen LogP contribution in [0.3, 0.4) is 0 Å². The summed E-state index contributed by atoms with van der Waals surface area (Å²) >= 11 is 6.14. The highest BCUT2D eigenvalue weighted by atomic mass is 35.5. The molecule has 2 amide bonds. The molecular formula is C38H39ClN2O5. The normalized spacial score (nSPS) is 17.3. The van der Waals surface area contributed by atoms with Gasteiger partial charge in [-0.05, 0) is 98.4 Å². The van der Waals surface area contributed by atoms with Gasteiger partial charge in [-0.15, -0.1) is 0 Å². The van der Waals surface area contributed by atoms with Gasteiger partial charge in [-0.25, -0.2) is 0 Å². The van der Waals surface area contributed by atoms with E-state index in [9.17, 15) is 14.4 Å². The number of fused-ring (bicyclic) bond motifs is 1. The van der Waals surface area contributed by atoms with E-state index in [-0.39, 0.29) is 23.1 Å². The molecule has 46 heavy (non-hydrogen) atoms. The van der Waals surface area contributed by atoms with E-state index in [2.05, 4.69) is 35.7 Å². The Labute approximate surface area is 274 Å². The molecule has 4 aromatic rings. The predicted molar refractivity (Wildman–Crippen MR) is 180 cm³/mol. The maximum absolute atomic E-state index is 13.5. The second-order valence-electron chi connectivity index (χ2n) is 12.2. The third-order valence-corrected chi connectivity index (χ3v) is 9.26. The molecule has 0 radical (unpaired) electrons. The largest absolute Gasteiger partial charge is 0.494 e. The van der Waals surface area contributed by atoms with Crippen LogP contribution in [0, 0.1) is 0 Å². The molecule has 0 unspecified atom stereocenters. The smallest absolute Gasteiger partial charge is 0.287 e. The summed E-state index contributed by atoms with van der Waals surface area (Å²) < 4.78 is 11.4. The number of halogens is 1. The number of carbonyl (C=O) groups is 2. The number of hydrogen-bond donors (Lipinski definition) is 1. The molecule has 1 saturated carbocycles. The molecule has 2 aliphatic rings. The van der Waals surface area contributed by atoms with Crippen molar-refractivity contribution in [1.29, 1.82) is 0 Å². The minimum atomic E-state index is -0.442. The average molecular weight is 639 g/mol. The lowest BCUT2D eigenvalue weighted by atomic mass is 9.79. The molecule has 1 N–H and O–H groups in total. The molecule has 1 atom stereocenters. The first-order valence-electron chi connectivity index (χ1n) is 16.2. The fourth-order valence-electron chi connectivity index (χ4n) is 6.67. The van der Waals surface area contributed by atoms with E-state index in [1.54, 1.807) is 18.2 Å². The molecule has 238 valence electrons. The summed E-state index contributed by atoms with van der Waals surface area (Å²) in [6.45, 7) is 3.88. The molecule has 1 saturated heterocycles. The summed E-state index contributed by atoms with van der Waals surface area (Å²) in [6.07, 6.45) is 8.17. The van der Waals surface area contributed by atoms with Crippen molar-refractivity contribution in [3.8, 4) is 5.75 Å². The van der Waals surface area contributed by atoms with Crippen molar-refractivity contribution in [3.63, 3.8) is 0 Å². The Balaban J connectivity index is 1.19. The topological polar surface area (TPSA) is 88.8 Å². The van der Waals surface area contributed by atoms with Crippen molar-refractivity contribution in [2.24, 2.45) is 0 Å². The minimum absolute atomic E-state index is 0.0297. The van der Waals surface area contributed by atoms with Crippen molar-refractivity contribution in [2.75, 3.05) is 13.2 Å². The lowest BCUT2D eigenvalue weighted by molar-refractivity contribution is -0.128. The summed E-state index contributed by atoms with van der Waals surface area (Å²) in [7, 11) is 0. The highest BCUT2D eigenvalue weighted by Gasteiger charge is 2.25. The van der Waals surface area contributed by atoms with Gasteiger partial charge in [0.15, 0.2) is 11.2 Å². The first kappa shape index (κ1) is 31.6. The molecular weight excluding hydrogens is 600 g/mol. The fraction of sp³-hybridized carbons (Fsp3) is 0.342. The van der Waals surface area contributed by atoms with Crippen LogP contribution in [0.5, 0.6) is 5.75 Å². The second kappa shape index (κ2) is 14.4. The Morgan fingerprint density at radius 3 is 2.57 bits per heavy atom. The fourth-order valence-corrected chi connectivity index (χ4v) is 6.80. The Bertz CT molecular complexity index is 1800. The maximum Gasteiger partial charge on any atom is 0.287 e. The summed E-state index contributed by atoms with van der Waals surface area (Å²) in [5.74, 6) is 0.774. The molecule has 3 aromatic carbocycles. The molecule has 0 spiro atoms. The van der Waals surface area contributed by atoms with Crippen LogP contribution in [-0.2, 0) is 17.8 Å². The third kappa shape index (κ3) is 7.53. The van der Waals surface area contributed by atoms with Gasteiger partial charge in [0.2, 0.25) is 5.91 Å². The van der Waals surface area contributed by atoms with Gasteiger partial charge in [-0.3, -0.25) is 14.4 Å². The van der Waals surface area contributed by atoms with E-state index < -0.39 is 5.91 Å². The van der Waals surface area contributed by atoms with Crippen molar-refractivity contribution < 1.29 is 18.7 Å². The zero-order valence-corrected chi connectivity index (χ0v) is 26.9. The maximum atomic E-state index is 13.5. The summed E-state index contributed by atoms with van der Waals surface area (Å²) in [5, 5.41) is 4.14. The Morgan fingerprint density at radius 1 is 1.04 bits per heavy atom. The van der Waals surface area contributed by atoms with Crippen LogP contribution in [0.25, 0.3) is 11.0 Å². The van der Waals surface area contributed by atoms with Crippen LogP contribution in [0.2, 0.25) is 5.02 Å². The molecule has 6 rings (SSSR count). The number of hydrogen-bond acceptors (Lipinski definition) is 5. The zero-order valence-electron chi connectivity index (χ0n) is 26.1. The molecule has 8 heteroatoms. The summed E-state index contributed by atoms with van der Waals surface area (Å²) in [5.41, 5.74) is 4.95. The number of ether oxygens (including phenoxy) is 1. The second-order valence-corrected chi connectivity index (χ2v) is 12.6. The van der Waals surface area contributed by atoms with E-state index >= 15 is 0 Å². The van der Waals surface area contributed by atoms with Crippen molar-refractivity contribution in [2.45, 2.75) is 70.4 Å². The molecule has 1 aromatic heterocycles. The Hall–Kier alpha value is -4.36. The Morgan fingerprint density at radius 2 is 1.83 bits per heavy atom. The van der Waals surface area contributed by atoms with Gasteiger partial charge >= 0.3 is 0 Å². The van der Waals surface area contributed by atoms with Gasteiger partial charge in [0.25, 0.3) is 5.91 Å². The number of amides is 2. The SMILES string of the molecule is CCOc1ccc2oc(C(=O)N[C@H](C=C3CCC(c4ccccc4CN4CCCC4=O)CC3)Cc3ccc(Cl)cc3)cc(=O)c2c1. The standard InChI is InChI=1S/C38H39ClN2O5/c1-2-45-31-17-18-35-33(22-31)34(42)23-36(46-35)38(44)40-30(21-26-11-15-29(39)16-12-26)20-25-9-13-27(14-10-25)32-7-4-3-6-28(32)24-41-19-5-8-37(41)43/h3-4,6-7,11-12,15-18,20,22-23,27,30H,2,5,8-10,13-14,19,21,24H2,1H3,(H,40,44)/t27?,30-/m1/s1. The number of rotatable bonds is 10. The van der Waals surface area contributed by atoms with Crippen molar-refractivity contribution in [1.82, 2.24) is 10.2 Å². The molecule has 7 nitrogen and oxygen atoms in total. The van der Waals surface area contributed by atoms with E-state index in [4.69, 9.17) is 20.8 Å². The summed E-state index contributed by atoms with van der Waals surface area (Å²) in [6, 6.07) is 22.1. The van der Waals surface area contributed by atoms with Crippen molar-refractivity contribution in [3.05, 3.63) is 122 Å². The minimum Gasteiger partial charge on any atom is -0.494 e. The van der Waals surface area contributed by atoms with E-state index in [0.29, 0.717) is 53.7 Å². The van der Waals surface area contributed by atoms with Crippen LogP contribution in [0.1, 0.15) is 78.6 Å². The number of benzene rings is 3. The molecule has 2 fully saturated rings. The van der Waals surface area contributed by atoms with E-state index in [1.807, 2.05) is 36.1 Å². The molecule has 2 heterocycles. The van der Waals surface area contributed by atoms with Gasteiger partial charge < -0.3 is 19.4 Å². The van der Waals surface area contributed by atoms with E-state index in [0.717, 1.165) is 44.2 Å². The monoisotopic (exact) mass is 638 g/mol. The number of carbonyl (C=O) groups excluding carboxylic acids is 2. The molecule has 1 aliphatic heterocycles. The van der Waals surface area contributed by atoms with Gasteiger partial charge in [-0.2, -0.15) is 0 Å². The van der Waals surface area contributed by atoms with Crippen LogP contribution in [0.15, 0.2) is 93.7 Å². The first-order chi connectivity index (χ1) is 22.4. The summed E-state index contributed by atoms with van der Waals surface area (Å²) in [4.78, 5) is 40.7. The predicted octanol–water partition coefficient (Wildman–Crippen LogP) is 7.59. The van der Waals surface area contributed by atoms with Gasteiger partial charge in [0.1, 0.15) is 11.3 Å². The number of likely N-dealkylation sites (tertiary alicyclic amines) is 1. The van der Waals surface area contributed by atoms with Gasteiger partial charge in [0, 0.05) is 30.6 Å².